The second-order valence-electron chi connectivity index (χ2n) is 8.66. The lowest BCUT2D eigenvalue weighted by molar-refractivity contribution is 0.101. The van der Waals surface area contributed by atoms with Crippen molar-refractivity contribution < 1.29 is 4.79 Å². The van der Waals surface area contributed by atoms with Gasteiger partial charge in [-0.15, -0.1) is 12.4 Å². The Bertz CT molecular complexity index is 794. The molecule has 0 spiro atoms. The van der Waals surface area contributed by atoms with E-state index in [0.29, 0.717) is 18.1 Å². The van der Waals surface area contributed by atoms with Crippen LogP contribution in [0.1, 0.15) is 69.0 Å². The van der Waals surface area contributed by atoms with Crippen LogP contribution < -0.4 is 10.6 Å². The molecule has 0 bridgehead atoms. The van der Waals surface area contributed by atoms with Crippen molar-refractivity contribution in [2.24, 2.45) is 0 Å². The van der Waals surface area contributed by atoms with E-state index in [2.05, 4.69) is 62.4 Å². The molecule has 3 rings (SSSR count). The molecule has 1 amide bonds. The number of hydrogen-bond donors (Lipinski definition) is 3. The minimum absolute atomic E-state index is 0. The minimum atomic E-state index is -0.237. The number of H-pyrrole nitrogens is 1. The van der Waals surface area contributed by atoms with Crippen molar-refractivity contribution in [3.05, 3.63) is 28.7 Å². The van der Waals surface area contributed by atoms with Crippen molar-refractivity contribution in [1.82, 2.24) is 25.3 Å². The Balaban J connectivity index is 0.00000243. The van der Waals surface area contributed by atoms with E-state index in [1.54, 1.807) is 0 Å². The highest BCUT2D eigenvalue weighted by Crippen LogP contribution is 2.28. The highest BCUT2D eigenvalue weighted by atomic mass is 35.5. The van der Waals surface area contributed by atoms with Gasteiger partial charge in [-0.2, -0.15) is 10.2 Å². The summed E-state index contributed by atoms with van der Waals surface area (Å²) in [5.74, 6) is 0.495. The average molecular weight is 381 g/mol. The molecule has 1 aliphatic rings. The number of halogens is 1. The summed E-state index contributed by atoms with van der Waals surface area (Å²) >= 11 is 0. The predicted octanol–water partition coefficient (Wildman–Crippen LogP) is 2.98. The van der Waals surface area contributed by atoms with Gasteiger partial charge < -0.3 is 10.6 Å². The van der Waals surface area contributed by atoms with Crippen LogP contribution in [0.15, 0.2) is 6.07 Å². The summed E-state index contributed by atoms with van der Waals surface area (Å²) in [6, 6.07) is 1.96. The Kier molecular flexibility index (Phi) is 5.54. The van der Waals surface area contributed by atoms with Crippen LogP contribution in [0.2, 0.25) is 0 Å². The van der Waals surface area contributed by atoms with Gasteiger partial charge in [-0.05, 0) is 20.8 Å². The van der Waals surface area contributed by atoms with Crippen molar-refractivity contribution in [1.29, 1.82) is 0 Å². The Labute approximate surface area is 160 Å². The molecular formula is C18H29ClN6O. The summed E-state index contributed by atoms with van der Waals surface area (Å²) in [5, 5.41) is 18.3. The third kappa shape index (κ3) is 3.94. The van der Waals surface area contributed by atoms with Crippen LogP contribution in [0.5, 0.6) is 0 Å². The zero-order chi connectivity index (χ0) is 18.4. The smallest absolute Gasteiger partial charge is 0.277 e. The number of fused-ring (bicyclic) bond motifs is 1. The first-order chi connectivity index (χ1) is 11.6. The Morgan fingerprint density at radius 1 is 1.23 bits per heavy atom. The van der Waals surface area contributed by atoms with Gasteiger partial charge >= 0.3 is 0 Å². The van der Waals surface area contributed by atoms with Gasteiger partial charge in [-0.1, -0.05) is 20.8 Å². The highest BCUT2D eigenvalue weighted by Gasteiger charge is 2.27. The molecule has 3 heterocycles. The van der Waals surface area contributed by atoms with E-state index in [0.717, 1.165) is 29.9 Å². The fourth-order valence-electron chi connectivity index (χ4n) is 2.94. The van der Waals surface area contributed by atoms with E-state index < -0.39 is 0 Å². The molecule has 2 aromatic heterocycles. The molecule has 1 aliphatic heterocycles. The number of carbonyl (C=O) groups is 1. The Morgan fingerprint density at radius 2 is 1.92 bits per heavy atom. The molecule has 0 unspecified atom stereocenters. The SMILES string of the molecule is CC(C)(C)c1cc(NC(=O)c2n[nH]c3c2CNCC3)n(C(C)(C)C)n1.Cl. The van der Waals surface area contributed by atoms with E-state index >= 15 is 0 Å². The molecule has 0 radical (unpaired) electrons. The van der Waals surface area contributed by atoms with Gasteiger partial charge in [-0.3, -0.25) is 9.89 Å². The van der Waals surface area contributed by atoms with E-state index in [9.17, 15) is 4.79 Å². The number of carbonyl (C=O) groups excluding carboxylic acids is 1. The van der Waals surface area contributed by atoms with E-state index in [1.165, 1.54) is 0 Å². The number of rotatable bonds is 2. The first kappa shape index (κ1) is 20.5. The van der Waals surface area contributed by atoms with Crippen LogP contribution in [0, 0.1) is 0 Å². The maximum atomic E-state index is 12.8. The number of nitrogens with one attached hydrogen (secondary N) is 3. The predicted molar refractivity (Wildman–Crippen MR) is 105 cm³/mol. The summed E-state index contributed by atoms with van der Waals surface area (Å²) in [7, 11) is 0. The van der Waals surface area contributed by atoms with Crippen LogP contribution in [0.3, 0.4) is 0 Å². The molecule has 0 aromatic carbocycles. The molecule has 144 valence electrons. The van der Waals surface area contributed by atoms with Crippen LogP contribution in [0.25, 0.3) is 0 Å². The third-order valence-corrected chi connectivity index (χ3v) is 4.38. The molecule has 26 heavy (non-hydrogen) atoms. The molecule has 0 aliphatic carbocycles. The summed E-state index contributed by atoms with van der Waals surface area (Å²) in [5.41, 5.74) is 3.08. The molecule has 0 atom stereocenters. The van der Waals surface area contributed by atoms with Crippen molar-refractivity contribution in [3.63, 3.8) is 0 Å². The standard InChI is InChI=1S/C18H28N6O.ClH/c1-17(2,3)13-9-14(24(23-13)18(4,5)6)20-16(25)15-11-10-19-8-7-12(11)21-22-15;/h9,19H,7-8,10H2,1-6H3,(H,20,25)(H,21,22);1H. The zero-order valence-electron chi connectivity index (χ0n) is 16.4. The summed E-state index contributed by atoms with van der Waals surface area (Å²) < 4.78 is 1.88. The Hall–Kier alpha value is -1.86. The molecule has 0 saturated carbocycles. The van der Waals surface area contributed by atoms with Crippen molar-refractivity contribution in [3.8, 4) is 0 Å². The summed E-state index contributed by atoms with van der Waals surface area (Å²) in [6.07, 6.45) is 0.865. The quantitative estimate of drug-likeness (QED) is 0.747. The van der Waals surface area contributed by atoms with Gasteiger partial charge in [0.25, 0.3) is 5.91 Å². The topological polar surface area (TPSA) is 87.6 Å². The van der Waals surface area contributed by atoms with Crippen molar-refractivity contribution >= 4 is 24.1 Å². The number of amides is 1. The second kappa shape index (κ2) is 7.04. The van der Waals surface area contributed by atoms with Crippen molar-refractivity contribution in [2.45, 2.75) is 65.5 Å². The third-order valence-electron chi connectivity index (χ3n) is 4.38. The normalized spacial score (nSPS) is 14.5. The highest BCUT2D eigenvalue weighted by molar-refractivity contribution is 6.03. The number of nitrogens with zero attached hydrogens (tertiary/aromatic N) is 3. The molecule has 0 fully saturated rings. The maximum Gasteiger partial charge on any atom is 0.277 e. The number of aromatic nitrogens is 4. The van der Waals surface area contributed by atoms with E-state index in [4.69, 9.17) is 5.10 Å². The lowest BCUT2D eigenvalue weighted by Gasteiger charge is -2.23. The average Bonchev–Trinajstić information content (AvgIpc) is 3.09. The Morgan fingerprint density at radius 3 is 2.54 bits per heavy atom. The van der Waals surface area contributed by atoms with Gasteiger partial charge in [0.1, 0.15) is 5.82 Å². The molecule has 0 saturated heterocycles. The van der Waals surface area contributed by atoms with Gasteiger partial charge in [0.2, 0.25) is 0 Å². The molecule has 7 nitrogen and oxygen atoms in total. The largest absolute Gasteiger partial charge is 0.312 e. The van der Waals surface area contributed by atoms with Crippen LogP contribution >= 0.6 is 12.4 Å². The first-order valence-electron chi connectivity index (χ1n) is 8.76. The van der Waals surface area contributed by atoms with Crippen LogP contribution in [-0.4, -0.2) is 32.4 Å². The lowest BCUT2D eigenvalue weighted by Crippen LogP contribution is -2.28. The monoisotopic (exact) mass is 380 g/mol. The molecule has 2 aromatic rings. The van der Waals surface area contributed by atoms with Crippen LogP contribution in [-0.2, 0) is 23.9 Å². The number of aromatic amines is 1. The zero-order valence-corrected chi connectivity index (χ0v) is 17.2. The fraction of sp³-hybridized carbons (Fsp3) is 0.611. The van der Waals surface area contributed by atoms with Gasteiger partial charge in [0.05, 0.1) is 11.2 Å². The molecule has 8 heteroatoms. The molecule has 3 N–H and O–H groups in total. The number of hydrogen-bond acceptors (Lipinski definition) is 4. The fourth-order valence-corrected chi connectivity index (χ4v) is 2.94. The summed E-state index contributed by atoms with van der Waals surface area (Å²) in [6.45, 7) is 14.1. The van der Waals surface area contributed by atoms with Gasteiger partial charge in [0, 0.05) is 42.2 Å². The van der Waals surface area contributed by atoms with E-state index in [1.807, 2.05) is 10.7 Å². The van der Waals surface area contributed by atoms with E-state index in [-0.39, 0.29) is 29.3 Å². The van der Waals surface area contributed by atoms with Gasteiger partial charge in [-0.25, -0.2) is 4.68 Å². The van der Waals surface area contributed by atoms with Gasteiger partial charge in [0.15, 0.2) is 5.69 Å². The van der Waals surface area contributed by atoms with Crippen LogP contribution in [0.4, 0.5) is 5.82 Å². The number of anilines is 1. The van der Waals surface area contributed by atoms with Crippen molar-refractivity contribution in [2.75, 3.05) is 11.9 Å². The second-order valence-corrected chi connectivity index (χ2v) is 8.66. The first-order valence-corrected chi connectivity index (χ1v) is 8.76. The summed E-state index contributed by atoms with van der Waals surface area (Å²) in [4.78, 5) is 12.8. The minimum Gasteiger partial charge on any atom is -0.312 e. The lowest BCUT2D eigenvalue weighted by atomic mass is 9.92. The maximum absolute atomic E-state index is 12.8. The molecular weight excluding hydrogens is 352 g/mol.